The van der Waals surface area contributed by atoms with E-state index in [2.05, 4.69) is 0 Å². The molecule has 90 valence electrons. The predicted molar refractivity (Wildman–Crippen MR) is 64.0 cm³/mol. The van der Waals surface area contributed by atoms with Crippen LogP contribution in [0.25, 0.3) is 5.57 Å². The Kier molecular flexibility index (Phi) is 3.85. The lowest BCUT2D eigenvalue weighted by molar-refractivity contribution is -0.384. The zero-order valence-corrected chi connectivity index (χ0v) is 9.99. The second-order valence-corrected chi connectivity index (χ2v) is 3.88. The molecular formula is C11H10ClNO4. The van der Waals surface area contributed by atoms with Crippen molar-refractivity contribution in [2.45, 2.75) is 13.8 Å². The summed E-state index contributed by atoms with van der Waals surface area (Å²) in [5.41, 5.74) is 0.751. The van der Waals surface area contributed by atoms with Gasteiger partial charge in [0.1, 0.15) is 0 Å². The number of carboxylic acids is 1. The molecule has 0 unspecified atom stereocenters. The van der Waals surface area contributed by atoms with Crippen molar-refractivity contribution >= 4 is 28.8 Å². The Hall–Kier alpha value is -1.88. The molecule has 0 aromatic heterocycles. The highest BCUT2D eigenvalue weighted by Gasteiger charge is 2.14. The SMILES string of the molecule is CC(C(=O)O)=C(C)c1cc([N+](=O)[O-])ccc1Cl. The van der Waals surface area contributed by atoms with Crippen LogP contribution < -0.4 is 0 Å². The summed E-state index contributed by atoms with van der Waals surface area (Å²) in [7, 11) is 0. The van der Waals surface area contributed by atoms with Gasteiger partial charge in [-0.1, -0.05) is 11.6 Å². The molecule has 0 amide bonds. The molecule has 6 heteroatoms. The topological polar surface area (TPSA) is 80.4 Å². The van der Waals surface area contributed by atoms with E-state index in [1.54, 1.807) is 6.92 Å². The van der Waals surface area contributed by atoms with Gasteiger partial charge in [-0.3, -0.25) is 10.1 Å². The first-order chi connectivity index (χ1) is 7.84. The number of rotatable bonds is 3. The van der Waals surface area contributed by atoms with Gasteiger partial charge in [0.2, 0.25) is 0 Å². The molecule has 0 saturated carbocycles. The first-order valence-corrected chi connectivity index (χ1v) is 5.07. The minimum absolute atomic E-state index is 0.104. The average Bonchev–Trinajstić information content (AvgIpc) is 2.27. The minimum Gasteiger partial charge on any atom is -0.478 e. The molecule has 0 heterocycles. The van der Waals surface area contributed by atoms with Gasteiger partial charge in [-0.05, 0) is 25.5 Å². The van der Waals surface area contributed by atoms with Gasteiger partial charge >= 0.3 is 5.97 Å². The van der Waals surface area contributed by atoms with Crippen molar-refractivity contribution in [3.05, 3.63) is 44.5 Å². The van der Waals surface area contributed by atoms with Crippen LogP contribution in [0.3, 0.4) is 0 Å². The first kappa shape index (κ1) is 13.2. The summed E-state index contributed by atoms with van der Waals surface area (Å²) in [6.07, 6.45) is 0. The number of aliphatic carboxylic acids is 1. The van der Waals surface area contributed by atoms with Crippen LogP contribution in [0.5, 0.6) is 0 Å². The molecule has 0 radical (unpaired) electrons. The van der Waals surface area contributed by atoms with E-state index in [1.165, 1.54) is 25.1 Å². The summed E-state index contributed by atoms with van der Waals surface area (Å²) in [6.45, 7) is 2.99. The number of carbonyl (C=O) groups is 1. The third-order valence-corrected chi connectivity index (χ3v) is 2.78. The van der Waals surface area contributed by atoms with Gasteiger partial charge in [-0.15, -0.1) is 0 Å². The van der Waals surface area contributed by atoms with Gasteiger partial charge in [0.15, 0.2) is 0 Å². The highest BCUT2D eigenvalue weighted by atomic mass is 35.5. The summed E-state index contributed by atoms with van der Waals surface area (Å²) in [5, 5.41) is 19.8. The van der Waals surface area contributed by atoms with Gasteiger partial charge < -0.3 is 5.11 Å². The Labute approximate surface area is 102 Å². The number of hydrogen-bond acceptors (Lipinski definition) is 3. The van der Waals surface area contributed by atoms with Crippen molar-refractivity contribution in [1.82, 2.24) is 0 Å². The molecule has 0 aliphatic carbocycles. The van der Waals surface area contributed by atoms with Crippen molar-refractivity contribution in [2.24, 2.45) is 0 Å². The minimum atomic E-state index is -1.08. The third-order valence-electron chi connectivity index (χ3n) is 2.45. The van der Waals surface area contributed by atoms with Crippen LogP contribution in [-0.4, -0.2) is 16.0 Å². The van der Waals surface area contributed by atoms with Crippen LogP contribution >= 0.6 is 11.6 Å². The average molecular weight is 256 g/mol. The molecule has 0 spiro atoms. The second kappa shape index (κ2) is 4.97. The molecule has 1 rings (SSSR count). The first-order valence-electron chi connectivity index (χ1n) is 4.69. The fourth-order valence-electron chi connectivity index (χ4n) is 1.28. The summed E-state index contributed by atoms with van der Waals surface area (Å²) < 4.78 is 0. The number of nitrogens with zero attached hydrogens (tertiary/aromatic N) is 1. The maximum Gasteiger partial charge on any atom is 0.331 e. The van der Waals surface area contributed by atoms with E-state index in [0.717, 1.165) is 0 Å². The molecular weight excluding hydrogens is 246 g/mol. The fraction of sp³-hybridized carbons (Fsp3) is 0.182. The zero-order valence-electron chi connectivity index (χ0n) is 9.23. The summed E-state index contributed by atoms with van der Waals surface area (Å²) in [6, 6.07) is 3.92. The number of allylic oxidation sites excluding steroid dienone is 1. The van der Waals surface area contributed by atoms with E-state index in [9.17, 15) is 14.9 Å². The fourth-order valence-corrected chi connectivity index (χ4v) is 1.54. The normalized spacial score (nSPS) is 11.9. The van der Waals surface area contributed by atoms with Gasteiger partial charge in [-0.2, -0.15) is 0 Å². The zero-order chi connectivity index (χ0) is 13.2. The van der Waals surface area contributed by atoms with Gasteiger partial charge in [0.25, 0.3) is 5.69 Å². The second-order valence-electron chi connectivity index (χ2n) is 3.48. The molecule has 17 heavy (non-hydrogen) atoms. The molecule has 1 aromatic rings. The molecule has 0 fully saturated rings. The van der Waals surface area contributed by atoms with E-state index in [-0.39, 0.29) is 16.3 Å². The van der Waals surface area contributed by atoms with E-state index in [1.807, 2.05) is 0 Å². The van der Waals surface area contributed by atoms with E-state index in [4.69, 9.17) is 16.7 Å². The van der Waals surface area contributed by atoms with Gasteiger partial charge in [0.05, 0.1) is 4.92 Å². The lowest BCUT2D eigenvalue weighted by Crippen LogP contribution is -2.00. The van der Waals surface area contributed by atoms with Crippen LogP contribution in [0, 0.1) is 10.1 Å². The molecule has 1 N–H and O–H groups in total. The molecule has 1 aromatic carbocycles. The highest BCUT2D eigenvalue weighted by Crippen LogP contribution is 2.29. The maximum absolute atomic E-state index is 10.8. The Bertz CT molecular complexity index is 522. The van der Waals surface area contributed by atoms with Crippen LogP contribution in [-0.2, 0) is 4.79 Å². The lowest BCUT2D eigenvalue weighted by Gasteiger charge is -2.06. The Morgan fingerprint density at radius 3 is 2.47 bits per heavy atom. The molecule has 0 aliphatic rings. The van der Waals surface area contributed by atoms with Crippen molar-refractivity contribution in [2.75, 3.05) is 0 Å². The number of benzene rings is 1. The molecule has 0 bridgehead atoms. The predicted octanol–water partition coefficient (Wildman–Crippen LogP) is 3.13. The Morgan fingerprint density at radius 2 is 2.00 bits per heavy atom. The monoisotopic (exact) mass is 255 g/mol. The highest BCUT2D eigenvalue weighted by molar-refractivity contribution is 6.32. The Morgan fingerprint density at radius 1 is 1.41 bits per heavy atom. The third kappa shape index (κ3) is 2.82. The summed E-state index contributed by atoms with van der Waals surface area (Å²) in [4.78, 5) is 20.9. The maximum atomic E-state index is 10.8. The van der Waals surface area contributed by atoms with Crippen LogP contribution in [0.2, 0.25) is 5.02 Å². The van der Waals surface area contributed by atoms with Crippen molar-refractivity contribution in [3.63, 3.8) is 0 Å². The molecule has 0 saturated heterocycles. The number of nitro benzene ring substituents is 1. The van der Waals surface area contributed by atoms with Crippen LogP contribution in [0.15, 0.2) is 23.8 Å². The Balaban J connectivity index is 3.40. The summed E-state index contributed by atoms with van der Waals surface area (Å²) in [5.74, 6) is -1.08. The standard InChI is InChI=1S/C11H10ClNO4/c1-6(7(2)11(14)15)9-5-8(13(16)17)3-4-10(9)12/h3-5H,1-2H3,(H,14,15). The number of hydrogen-bond donors (Lipinski definition) is 1. The van der Waals surface area contributed by atoms with Gasteiger partial charge in [0, 0.05) is 28.3 Å². The van der Waals surface area contributed by atoms with Crippen LogP contribution in [0.1, 0.15) is 19.4 Å². The van der Waals surface area contributed by atoms with Crippen molar-refractivity contribution < 1.29 is 14.8 Å². The number of nitro groups is 1. The lowest BCUT2D eigenvalue weighted by atomic mass is 10.0. The van der Waals surface area contributed by atoms with E-state index < -0.39 is 10.9 Å². The van der Waals surface area contributed by atoms with Crippen LogP contribution in [0.4, 0.5) is 5.69 Å². The largest absolute Gasteiger partial charge is 0.478 e. The van der Waals surface area contributed by atoms with E-state index in [0.29, 0.717) is 11.1 Å². The number of halogens is 1. The van der Waals surface area contributed by atoms with Crippen molar-refractivity contribution in [1.29, 1.82) is 0 Å². The molecule has 0 atom stereocenters. The number of carboxylic acid groups (broad SMARTS) is 1. The smallest absolute Gasteiger partial charge is 0.331 e. The summed E-state index contributed by atoms with van der Waals surface area (Å²) >= 11 is 5.89. The van der Waals surface area contributed by atoms with Crippen molar-refractivity contribution in [3.8, 4) is 0 Å². The molecule has 5 nitrogen and oxygen atoms in total. The van der Waals surface area contributed by atoms with E-state index >= 15 is 0 Å². The quantitative estimate of drug-likeness (QED) is 0.511. The van der Waals surface area contributed by atoms with Gasteiger partial charge in [-0.25, -0.2) is 4.79 Å². The number of non-ortho nitro benzene ring substituents is 1. The molecule has 0 aliphatic heterocycles.